The second-order valence-electron chi connectivity index (χ2n) is 6.81. The summed E-state index contributed by atoms with van der Waals surface area (Å²) < 4.78 is 12.8. The predicted octanol–water partition coefficient (Wildman–Crippen LogP) is 3.42. The van der Waals surface area contributed by atoms with Crippen LogP contribution in [0.1, 0.15) is 27.9 Å². The third kappa shape index (κ3) is 3.68. The van der Waals surface area contributed by atoms with Gasteiger partial charge in [0.1, 0.15) is 0 Å². The highest BCUT2D eigenvalue weighted by Crippen LogP contribution is 2.42. The van der Waals surface area contributed by atoms with E-state index >= 15 is 0 Å². The molecule has 1 aromatic heterocycles. The number of aromatic nitrogens is 1. The van der Waals surface area contributed by atoms with Crippen molar-refractivity contribution in [2.24, 2.45) is 4.99 Å². The van der Waals surface area contributed by atoms with E-state index in [2.05, 4.69) is 4.99 Å². The molecule has 0 radical (unpaired) electrons. The Morgan fingerprint density at radius 2 is 1.48 bits per heavy atom. The van der Waals surface area contributed by atoms with E-state index in [4.69, 9.17) is 9.79 Å². The van der Waals surface area contributed by atoms with Crippen LogP contribution in [0.3, 0.4) is 0 Å². The van der Waals surface area contributed by atoms with Gasteiger partial charge in [0.15, 0.2) is 0 Å². The van der Waals surface area contributed by atoms with Crippen LogP contribution < -0.4 is 0 Å². The number of hydrogen-bond acceptors (Lipinski definition) is 3. The fourth-order valence-electron chi connectivity index (χ4n) is 3.61. The summed E-state index contributed by atoms with van der Waals surface area (Å²) in [7, 11) is -4.16. The van der Waals surface area contributed by atoms with Gasteiger partial charge in [0, 0.05) is 12.1 Å². The molecule has 0 saturated heterocycles. The molecule has 8 heteroatoms. The summed E-state index contributed by atoms with van der Waals surface area (Å²) in [5, 5.41) is 11.0. The monoisotopic (exact) mass is 410 g/mol. The van der Waals surface area contributed by atoms with E-state index in [0.717, 1.165) is 5.56 Å². The van der Waals surface area contributed by atoms with E-state index in [1.54, 1.807) is 4.57 Å². The van der Waals surface area contributed by atoms with Gasteiger partial charge in [0.05, 0.1) is 28.7 Å². The second kappa shape index (κ2) is 7.44. The van der Waals surface area contributed by atoms with E-state index in [1.807, 2.05) is 60.7 Å². The largest absolute Gasteiger partial charge is 0.494 e. The first-order valence-electron chi connectivity index (χ1n) is 9.11. The van der Waals surface area contributed by atoms with Gasteiger partial charge in [0.25, 0.3) is 5.91 Å². The van der Waals surface area contributed by atoms with Crippen LogP contribution in [-0.2, 0) is 11.1 Å². The molecule has 0 unspecified atom stereocenters. The molecule has 29 heavy (non-hydrogen) atoms. The molecule has 0 bridgehead atoms. The molecular weight excluding hydrogens is 391 g/mol. The standard InChI is InChI=1S/C21H19N2O5P/c24-20-17-16(18(22-20)14-8-3-1-4-9-14)21(25)23(12-7-13-29(26,27)28)19(17)15-10-5-2-6-11-15/h1-6,8-11,25H,7,12-13H2,(H2,26,27,28). The van der Waals surface area contributed by atoms with Crippen molar-refractivity contribution >= 4 is 19.2 Å². The van der Waals surface area contributed by atoms with Crippen molar-refractivity contribution in [2.45, 2.75) is 13.0 Å². The zero-order chi connectivity index (χ0) is 20.6. The predicted molar refractivity (Wildman–Crippen MR) is 109 cm³/mol. The SMILES string of the molecule is O=C1N=C(c2ccccc2)c2c1c(-c1ccccc1)n(CCCP(=O)(O)O)c2O. The highest BCUT2D eigenvalue weighted by molar-refractivity contribution is 7.51. The second-order valence-corrected chi connectivity index (χ2v) is 8.59. The molecule has 1 amide bonds. The molecule has 2 aromatic carbocycles. The summed E-state index contributed by atoms with van der Waals surface area (Å²) in [4.78, 5) is 35.3. The van der Waals surface area contributed by atoms with Crippen molar-refractivity contribution in [3.8, 4) is 17.1 Å². The molecular formula is C21H19N2O5P. The van der Waals surface area contributed by atoms with Crippen LogP contribution in [-0.4, -0.2) is 37.2 Å². The van der Waals surface area contributed by atoms with Gasteiger partial charge in [-0.15, -0.1) is 0 Å². The lowest BCUT2D eigenvalue weighted by atomic mass is 10.0. The first-order valence-corrected chi connectivity index (χ1v) is 10.9. The summed E-state index contributed by atoms with van der Waals surface area (Å²) in [6.45, 7) is 0.156. The van der Waals surface area contributed by atoms with E-state index in [0.29, 0.717) is 28.1 Å². The van der Waals surface area contributed by atoms with Gasteiger partial charge < -0.3 is 19.5 Å². The molecule has 0 aliphatic carbocycles. The van der Waals surface area contributed by atoms with Gasteiger partial charge in [-0.2, -0.15) is 0 Å². The number of aromatic hydroxyl groups is 1. The fourth-order valence-corrected chi connectivity index (χ4v) is 4.16. The van der Waals surface area contributed by atoms with Crippen molar-refractivity contribution < 1.29 is 24.3 Å². The van der Waals surface area contributed by atoms with Crippen LogP contribution >= 0.6 is 7.60 Å². The zero-order valence-electron chi connectivity index (χ0n) is 15.4. The van der Waals surface area contributed by atoms with Crippen LogP contribution in [0.4, 0.5) is 0 Å². The van der Waals surface area contributed by atoms with Gasteiger partial charge in [-0.3, -0.25) is 9.36 Å². The normalized spacial score (nSPS) is 13.4. The minimum absolute atomic E-state index is 0.127. The summed E-state index contributed by atoms with van der Waals surface area (Å²) in [6.07, 6.45) is -0.158. The molecule has 1 aliphatic heterocycles. The average Bonchev–Trinajstić information content (AvgIpc) is 3.18. The first-order chi connectivity index (χ1) is 13.9. The average molecular weight is 410 g/mol. The summed E-state index contributed by atoms with van der Waals surface area (Å²) in [5.74, 6) is -0.570. The Morgan fingerprint density at radius 1 is 0.897 bits per heavy atom. The highest BCUT2D eigenvalue weighted by atomic mass is 31.2. The molecule has 3 aromatic rings. The van der Waals surface area contributed by atoms with Gasteiger partial charge in [-0.25, -0.2) is 4.99 Å². The number of carbonyl (C=O) groups is 1. The Kier molecular flexibility index (Phi) is 4.96. The van der Waals surface area contributed by atoms with E-state index in [1.165, 1.54) is 0 Å². The number of fused-ring (bicyclic) bond motifs is 1. The molecule has 0 fully saturated rings. The Morgan fingerprint density at radius 3 is 2.07 bits per heavy atom. The number of amides is 1. The zero-order valence-corrected chi connectivity index (χ0v) is 16.3. The number of nitrogens with zero attached hydrogens (tertiary/aromatic N) is 2. The van der Waals surface area contributed by atoms with Crippen molar-refractivity contribution in [3.05, 3.63) is 77.4 Å². The lowest BCUT2D eigenvalue weighted by Gasteiger charge is -2.12. The molecule has 2 heterocycles. The van der Waals surface area contributed by atoms with Crippen molar-refractivity contribution in [1.82, 2.24) is 4.57 Å². The minimum atomic E-state index is -4.16. The molecule has 0 saturated carbocycles. The van der Waals surface area contributed by atoms with E-state index < -0.39 is 13.5 Å². The maximum atomic E-state index is 12.8. The van der Waals surface area contributed by atoms with Crippen LogP contribution in [0.15, 0.2) is 65.7 Å². The van der Waals surface area contributed by atoms with E-state index in [-0.39, 0.29) is 25.0 Å². The fraction of sp³-hybridized carbons (Fsp3) is 0.143. The minimum Gasteiger partial charge on any atom is -0.494 e. The molecule has 0 atom stereocenters. The summed E-state index contributed by atoms with van der Waals surface area (Å²) >= 11 is 0. The molecule has 7 nitrogen and oxygen atoms in total. The molecule has 148 valence electrons. The van der Waals surface area contributed by atoms with Gasteiger partial charge in [0.2, 0.25) is 5.88 Å². The van der Waals surface area contributed by atoms with Crippen LogP contribution in [0, 0.1) is 0 Å². The highest BCUT2D eigenvalue weighted by Gasteiger charge is 2.36. The summed E-state index contributed by atoms with van der Waals surface area (Å²) in [5.41, 5.74) is 3.00. The third-order valence-corrected chi connectivity index (χ3v) is 5.72. The number of rotatable bonds is 6. The Labute approximate surface area is 167 Å². The maximum absolute atomic E-state index is 12.8. The summed E-state index contributed by atoms with van der Waals surface area (Å²) in [6, 6.07) is 18.3. The number of carbonyl (C=O) groups excluding carboxylic acids is 1. The molecule has 4 rings (SSSR count). The van der Waals surface area contributed by atoms with Crippen LogP contribution in [0.25, 0.3) is 11.3 Å². The number of hydrogen-bond donors (Lipinski definition) is 3. The van der Waals surface area contributed by atoms with Gasteiger partial charge in [-0.05, 0) is 12.0 Å². The molecule has 0 spiro atoms. The van der Waals surface area contributed by atoms with Gasteiger partial charge in [-0.1, -0.05) is 60.7 Å². The lowest BCUT2D eigenvalue weighted by molar-refractivity contribution is 0.101. The quantitative estimate of drug-likeness (QED) is 0.539. The lowest BCUT2D eigenvalue weighted by Crippen LogP contribution is -2.06. The van der Waals surface area contributed by atoms with Gasteiger partial charge >= 0.3 is 7.60 Å². The van der Waals surface area contributed by atoms with E-state index in [9.17, 15) is 14.5 Å². The molecule has 1 aliphatic rings. The maximum Gasteiger partial charge on any atom is 0.325 e. The topological polar surface area (TPSA) is 112 Å². The third-order valence-electron chi connectivity index (χ3n) is 4.83. The first kappa shape index (κ1) is 19.3. The van der Waals surface area contributed by atoms with Crippen LogP contribution in [0.2, 0.25) is 0 Å². The smallest absolute Gasteiger partial charge is 0.325 e. The Balaban J connectivity index is 1.86. The Hall–Kier alpha value is -2.99. The Bertz CT molecular complexity index is 1150. The van der Waals surface area contributed by atoms with Crippen LogP contribution in [0.5, 0.6) is 5.88 Å². The van der Waals surface area contributed by atoms with Crippen molar-refractivity contribution in [3.63, 3.8) is 0 Å². The molecule has 3 N–H and O–H groups in total. The number of benzene rings is 2. The van der Waals surface area contributed by atoms with Crippen molar-refractivity contribution in [1.29, 1.82) is 0 Å². The van der Waals surface area contributed by atoms with Crippen molar-refractivity contribution in [2.75, 3.05) is 6.16 Å². The number of aliphatic imine (C=N–C) groups is 1.